The minimum atomic E-state index is -0.443. The maximum atomic E-state index is 9.99. The zero-order valence-corrected chi connectivity index (χ0v) is 16.2. The number of allylic oxidation sites excluding steroid dienone is 6. The quantitative estimate of drug-likeness (QED) is 0.396. The standard InChI is InChI=1S/C22H32O3/c1-15(2)8-6-9-16(3)10-7-11-17(4)12-13-19-18(5)14-20(23)22(25)21(19)24/h8,10,12,14,23-25H,6-7,9,11,13H2,1-5H3. The molecular weight excluding hydrogens is 312 g/mol. The first-order valence-electron chi connectivity index (χ1n) is 8.90. The van der Waals surface area contributed by atoms with Gasteiger partial charge in [0, 0.05) is 5.56 Å². The van der Waals surface area contributed by atoms with Crippen molar-refractivity contribution in [1.82, 2.24) is 0 Å². The summed E-state index contributed by atoms with van der Waals surface area (Å²) in [4.78, 5) is 0. The lowest BCUT2D eigenvalue weighted by Gasteiger charge is -2.10. The van der Waals surface area contributed by atoms with Crippen LogP contribution in [0, 0.1) is 6.92 Å². The first-order chi connectivity index (χ1) is 11.7. The highest BCUT2D eigenvalue weighted by Gasteiger charge is 2.13. The van der Waals surface area contributed by atoms with Crippen molar-refractivity contribution in [2.24, 2.45) is 0 Å². The molecule has 3 N–H and O–H groups in total. The van der Waals surface area contributed by atoms with Gasteiger partial charge in [-0.1, -0.05) is 34.9 Å². The predicted molar refractivity (Wildman–Crippen MR) is 105 cm³/mol. The van der Waals surface area contributed by atoms with Crippen LogP contribution in [0.1, 0.15) is 64.5 Å². The van der Waals surface area contributed by atoms with Gasteiger partial charge in [0.15, 0.2) is 11.5 Å². The lowest BCUT2D eigenvalue weighted by molar-refractivity contribution is 0.365. The molecule has 0 saturated heterocycles. The van der Waals surface area contributed by atoms with Gasteiger partial charge in [0.2, 0.25) is 5.75 Å². The Hall–Kier alpha value is -2.16. The van der Waals surface area contributed by atoms with E-state index in [4.69, 9.17) is 0 Å². The van der Waals surface area contributed by atoms with E-state index in [-0.39, 0.29) is 11.5 Å². The van der Waals surface area contributed by atoms with Crippen LogP contribution in [-0.4, -0.2) is 15.3 Å². The van der Waals surface area contributed by atoms with Crippen molar-refractivity contribution >= 4 is 0 Å². The van der Waals surface area contributed by atoms with Gasteiger partial charge in [-0.05, 0) is 78.4 Å². The van der Waals surface area contributed by atoms with Crippen molar-refractivity contribution < 1.29 is 15.3 Å². The Morgan fingerprint density at radius 1 is 0.840 bits per heavy atom. The Morgan fingerprint density at radius 3 is 2.00 bits per heavy atom. The van der Waals surface area contributed by atoms with E-state index in [2.05, 4.69) is 45.9 Å². The number of hydrogen-bond acceptors (Lipinski definition) is 3. The van der Waals surface area contributed by atoms with Crippen LogP contribution >= 0.6 is 0 Å². The van der Waals surface area contributed by atoms with Crippen molar-refractivity contribution in [3.05, 3.63) is 52.1 Å². The van der Waals surface area contributed by atoms with Crippen molar-refractivity contribution in [3.63, 3.8) is 0 Å². The maximum absolute atomic E-state index is 9.99. The number of phenolic OH excluding ortho intramolecular Hbond substituents is 3. The number of aryl methyl sites for hydroxylation is 1. The third-order valence-electron chi connectivity index (χ3n) is 4.36. The minimum Gasteiger partial charge on any atom is -0.504 e. The summed E-state index contributed by atoms with van der Waals surface area (Å²) in [6, 6.07) is 1.48. The van der Waals surface area contributed by atoms with Gasteiger partial charge in [0.25, 0.3) is 0 Å². The molecule has 0 unspecified atom stereocenters. The number of benzene rings is 1. The molecule has 0 aliphatic heterocycles. The summed E-state index contributed by atoms with van der Waals surface area (Å²) in [6.45, 7) is 10.3. The van der Waals surface area contributed by atoms with Crippen molar-refractivity contribution in [1.29, 1.82) is 0 Å². The minimum absolute atomic E-state index is 0.225. The van der Waals surface area contributed by atoms with Gasteiger partial charge in [0.1, 0.15) is 0 Å². The summed E-state index contributed by atoms with van der Waals surface area (Å²) in [6.07, 6.45) is 11.4. The summed E-state index contributed by atoms with van der Waals surface area (Å²) in [5.74, 6) is -0.952. The lowest BCUT2D eigenvalue weighted by Crippen LogP contribution is -1.90. The highest BCUT2D eigenvalue weighted by molar-refractivity contribution is 5.57. The van der Waals surface area contributed by atoms with Crippen molar-refractivity contribution in [2.75, 3.05) is 0 Å². The van der Waals surface area contributed by atoms with Crippen LogP contribution in [0.3, 0.4) is 0 Å². The summed E-state index contributed by atoms with van der Waals surface area (Å²) in [5, 5.41) is 29.1. The molecule has 0 saturated carbocycles. The predicted octanol–water partition coefficient (Wildman–Crippen LogP) is 6.07. The van der Waals surface area contributed by atoms with Crippen LogP contribution < -0.4 is 0 Å². The summed E-state index contributed by atoms with van der Waals surface area (Å²) in [5.41, 5.74) is 5.46. The molecule has 1 aromatic rings. The lowest BCUT2D eigenvalue weighted by atomic mass is 10.0. The third-order valence-corrected chi connectivity index (χ3v) is 4.36. The average Bonchev–Trinajstić information content (AvgIpc) is 2.52. The van der Waals surface area contributed by atoms with Crippen LogP contribution in [-0.2, 0) is 6.42 Å². The number of rotatable bonds is 8. The van der Waals surface area contributed by atoms with Gasteiger partial charge in [-0.3, -0.25) is 0 Å². The van der Waals surface area contributed by atoms with Crippen molar-refractivity contribution in [3.8, 4) is 17.2 Å². The molecule has 1 rings (SSSR count). The van der Waals surface area contributed by atoms with Crippen LogP contribution in [0.25, 0.3) is 0 Å². The van der Waals surface area contributed by atoms with E-state index in [0.29, 0.717) is 12.0 Å². The first-order valence-corrected chi connectivity index (χ1v) is 8.90. The SMILES string of the molecule is CC(C)=CCCC(C)=CCCC(C)=CCc1c(C)cc(O)c(O)c1O. The van der Waals surface area contributed by atoms with E-state index in [0.717, 1.165) is 31.2 Å². The Bertz CT molecular complexity index is 675. The average molecular weight is 344 g/mol. The smallest absolute Gasteiger partial charge is 0.200 e. The van der Waals surface area contributed by atoms with Crippen LogP contribution in [0.4, 0.5) is 0 Å². The van der Waals surface area contributed by atoms with E-state index < -0.39 is 5.75 Å². The molecule has 3 heteroatoms. The van der Waals surface area contributed by atoms with Crippen LogP contribution in [0.2, 0.25) is 0 Å². The van der Waals surface area contributed by atoms with Gasteiger partial charge in [0.05, 0.1) is 0 Å². The monoisotopic (exact) mass is 344 g/mol. The molecular formula is C22H32O3. The number of phenols is 3. The molecule has 0 fully saturated rings. The maximum Gasteiger partial charge on any atom is 0.200 e. The van der Waals surface area contributed by atoms with E-state index in [9.17, 15) is 15.3 Å². The molecule has 0 bridgehead atoms. The highest BCUT2D eigenvalue weighted by Crippen LogP contribution is 2.39. The Balaban J connectivity index is 2.58. The second-order valence-electron chi connectivity index (χ2n) is 7.05. The number of aromatic hydroxyl groups is 3. The Kier molecular flexibility index (Phi) is 8.33. The van der Waals surface area contributed by atoms with E-state index >= 15 is 0 Å². The van der Waals surface area contributed by atoms with Gasteiger partial charge in [-0.2, -0.15) is 0 Å². The number of hydrogen-bond donors (Lipinski definition) is 3. The molecule has 0 amide bonds. The second kappa shape index (κ2) is 9.97. The van der Waals surface area contributed by atoms with Crippen molar-refractivity contribution in [2.45, 2.75) is 66.7 Å². The summed E-state index contributed by atoms with van der Waals surface area (Å²) in [7, 11) is 0. The topological polar surface area (TPSA) is 60.7 Å². The zero-order valence-electron chi connectivity index (χ0n) is 16.2. The molecule has 0 heterocycles. The van der Waals surface area contributed by atoms with Gasteiger partial charge in [-0.25, -0.2) is 0 Å². The molecule has 1 aromatic carbocycles. The normalized spacial score (nSPS) is 12.4. The van der Waals surface area contributed by atoms with Gasteiger partial charge >= 0.3 is 0 Å². The second-order valence-corrected chi connectivity index (χ2v) is 7.05. The Labute approximate surface area is 152 Å². The first kappa shape index (κ1) is 20.9. The molecule has 138 valence electrons. The van der Waals surface area contributed by atoms with E-state index in [1.54, 1.807) is 0 Å². The molecule has 3 nitrogen and oxygen atoms in total. The molecule has 0 aliphatic rings. The fourth-order valence-corrected chi connectivity index (χ4v) is 2.68. The molecule has 0 spiro atoms. The fourth-order valence-electron chi connectivity index (χ4n) is 2.68. The molecule has 0 atom stereocenters. The van der Waals surface area contributed by atoms with Crippen LogP contribution in [0.15, 0.2) is 41.0 Å². The van der Waals surface area contributed by atoms with Gasteiger partial charge < -0.3 is 15.3 Å². The summed E-state index contributed by atoms with van der Waals surface area (Å²) < 4.78 is 0. The fraction of sp³-hybridized carbons (Fsp3) is 0.455. The highest BCUT2D eigenvalue weighted by atomic mass is 16.3. The van der Waals surface area contributed by atoms with E-state index in [1.807, 2.05) is 6.92 Å². The molecule has 0 radical (unpaired) electrons. The molecule has 25 heavy (non-hydrogen) atoms. The van der Waals surface area contributed by atoms with Gasteiger partial charge in [-0.15, -0.1) is 0 Å². The summed E-state index contributed by atoms with van der Waals surface area (Å²) >= 11 is 0. The third kappa shape index (κ3) is 7.08. The van der Waals surface area contributed by atoms with E-state index in [1.165, 1.54) is 22.8 Å². The van der Waals surface area contributed by atoms with Crippen LogP contribution in [0.5, 0.6) is 17.2 Å². The zero-order chi connectivity index (χ0) is 19.0. The molecule has 0 aromatic heterocycles. The largest absolute Gasteiger partial charge is 0.504 e. The Morgan fingerprint density at radius 2 is 1.40 bits per heavy atom. The molecule has 0 aliphatic carbocycles.